The lowest BCUT2D eigenvalue weighted by Crippen LogP contribution is -2.22. The van der Waals surface area contributed by atoms with Gasteiger partial charge >= 0.3 is 0 Å². The van der Waals surface area contributed by atoms with E-state index in [1.165, 1.54) is 31.4 Å². The molecule has 0 radical (unpaired) electrons. The number of aromatic nitrogens is 2. The van der Waals surface area contributed by atoms with Crippen LogP contribution in [0.1, 0.15) is 58.1 Å². The second kappa shape index (κ2) is 3.41. The number of nitrogens with zero attached hydrogens (tertiary/aromatic N) is 2. The highest BCUT2D eigenvalue weighted by Gasteiger charge is 2.21. The zero-order valence-electron chi connectivity index (χ0n) is 9.45. The molecule has 0 N–H and O–H groups in total. The van der Waals surface area contributed by atoms with Crippen molar-refractivity contribution in [3.63, 3.8) is 0 Å². The van der Waals surface area contributed by atoms with Crippen molar-refractivity contribution in [3.05, 3.63) is 18.0 Å². The highest BCUT2D eigenvalue weighted by Crippen LogP contribution is 2.33. The molecule has 0 bridgehead atoms. The van der Waals surface area contributed by atoms with Crippen LogP contribution in [0, 0.1) is 0 Å². The van der Waals surface area contributed by atoms with Gasteiger partial charge in [-0.3, -0.25) is 4.68 Å². The van der Waals surface area contributed by atoms with E-state index in [-0.39, 0.29) is 5.54 Å². The molecule has 0 aromatic carbocycles. The third-order valence-electron chi connectivity index (χ3n) is 3.07. The van der Waals surface area contributed by atoms with E-state index < -0.39 is 0 Å². The first-order valence-electron chi connectivity index (χ1n) is 5.63. The fraction of sp³-hybridized carbons (Fsp3) is 0.750. The quantitative estimate of drug-likeness (QED) is 0.667. The van der Waals surface area contributed by atoms with Gasteiger partial charge in [-0.15, -0.1) is 0 Å². The molecule has 1 aromatic rings. The number of hydrogen-bond acceptors (Lipinski definition) is 1. The van der Waals surface area contributed by atoms with Crippen LogP contribution < -0.4 is 0 Å². The van der Waals surface area contributed by atoms with Gasteiger partial charge in [0.2, 0.25) is 0 Å². The lowest BCUT2D eigenvalue weighted by Gasteiger charge is -2.19. The smallest absolute Gasteiger partial charge is 0.0655 e. The van der Waals surface area contributed by atoms with Gasteiger partial charge in [-0.05, 0) is 39.7 Å². The molecule has 0 amide bonds. The van der Waals surface area contributed by atoms with Crippen molar-refractivity contribution in [2.45, 2.75) is 57.9 Å². The second-order valence-corrected chi connectivity index (χ2v) is 5.34. The molecule has 78 valence electrons. The second-order valence-electron chi connectivity index (χ2n) is 5.34. The van der Waals surface area contributed by atoms with E-state index in [1.54, 1.807) is 0 Å². The average molecular weight is 192 g/mol. The lowest BCUT2D eigenvalue weighted by atomic mass is 10.1. The summed E-state index contributed by atoms with van der Waals surface area (Å²) < 4.78 is 2.08. The first-order valence-corrected chi connectivity index (χ1v) is 5.63. The van der Waals surface area contributed by atoms with E-state index >= 15 is 0 Å². The Morgan fingerprint density at radius 1 is 1.29 bits per heavy atom. The van der Waals surface area contributed by atoms with Crippen molar-refractivity contribution in [1.29, 1.82) is 0 Å². The molecular weight excluding hydrogens is 172 g/mol. The standard InChI is InChI=1S/C12H20N2/c1-12(2,3)14-9-8-11(13-14)10-6-4-5-7-10/h8-10H,4-7H2,1-3H3. The summed E-state index contributed by atoms with van der Waals surface area (Å²) in [5, 5.41) is 4.68. The zero-order valence-corrected chi connectivity index (χ0v) is 9.45. The van der Waals surface area contributed by atoms with Gasteiger partial charge in [-0.1, -0.05) is 12.8 Å². The summed E-state index contributed by atoms with van der Waals surface area (Å²) in [6, 6.07) is 2.20. The van der Waals surface area contributed by atoms with Gasteiger partial charge < -0.3 is 0 Å². The molecule has 0 aliphatic heterocycles. The third kappa shape index (κ3) is 1.84. The predicted octanol–water partition coefficient (Wildman–Crippen LogP) is 3.30. The molecule has 1 aromatic heterocycles. The highest BCUT2D eigenvalue weighted by molar-refractivity contribution is 5.08. The summed E-state index contributed by atoms with van der Waals surface area (Å²) in [5.74, 6) is 0.735. The molecule has 0 atom stereocenters. The molecule has 0 spiro atoms. The normalized spacial score (nSPS) is 19.1. The summed E-state index contributed by atoms with van der Waals surface area (Å²) in [5.41, 5.74) is 1.43. The van der Waals surface area contributed by atoms with E-state index in [1.807, 2.05) is 0 Å². The molecule has 2 rings (SSSR count). The first-order chi connectivity index (χ1) is 6.57. The Labute approximate surface area is 86.3 Å². The molecule has 0 saturated heterocycles. The summed E-state index contributed by atoms with van der Waals surface area (Å²) in [6.07, 6.45) is 7.55. The Morgan fingerprint density at radius 2 is 1.93 bits per heavy atom. The average Bonchev–Trinajstić information content (AvgIpc) is 2.73. The maximum absolute atomic E-state index is 4.68. The van der Waals surface area contributed by atoms with E-state index in [0.717, 1.165) is 5.92 Å². The Hall–Kier alpha value is -0.790. The van der Waals surface area contributed by atoms with Crippen molar-refractivity contribution < 1.29 is 0 Å². The predicted molar refractivity (Wildman–Crippen MR) is 58.4 cm³/mol. The van der Waals surface area contributed by atoms with Crippen LogP contribution in [0.4, 0.5) is 0 Å². The van der Waals surface area contributed by atoms with Crippen molar-refractivity contribution in [3.8, 4) is 0 Å². The summed E-state index contributed by atoms with van der Waals surface area (Å²) in [4.78, 5) is 0. The molecule has 1 heterocycles. The molecule has 1 fully saturated rings. The molecule has 1 aliphatic carbocycles. The van der Waals surface area contributed by atoms with Crippen molar-refractivity contribution >= 4 is 0 Å². The van der Waals surface area contributed by atoms with Gasteiger partial charge in [-0.25, -0.2) is 0 Å². The molecular formula is C12H20N2. The van der Waals surface area contributed by atoms with Crippen LogP contribution in [-0.2, 0) is 5.54 Å². The van der Waals surface area contributed by atoms with E-state index in [0.29, 0.717) is 0 Å². The minimum atomic E-state index is 0.122. The van der Waals surface area contributed by atoms with Crippen LogP contribution in [-0.4, -0.2) is 9.78 Å². The largest absolute Gasteiger partial charge is 0.267 e. The van der Waals surface area contributed by atoms with Crippen LogP contribution in [0.25, 0.3) is 0 Å². The highest BCUT2D eigenvalue weighted by atomic mass is 15.3. The van der Waals surface area contributed by atoms with Crippen LogP contribution in [0.3, 0.4) is 0 Å². The molecule has 2 nitrogen and oxygen atoms in total. The minimum Gasteiger partial charge on any atom is -0.267 e. The van der Waals surface area contributed by atoms with Gasteiger partial charge in [-0.2, -0.15) is 5.10 Å². The Morgan fingerprint density at radius 3 is 2.43 bits per heavy atom. The van der Waals surface area contributed by atoms with Crippen molar-refractivity contribution in [2.75, 3.05) is 0 Å². The molecule has 2 heteroatoms. The summed E-state index contributed by atoms with van der Waals surface area (Å²) in [6.45, 7) is 6.58. The van der Waals surface area contributed by atoms with E-state index in [2.05, 4.69) is 42.8 Å². The Balaban J connectivity index is 2.17. The van der Waals surface area contributed by atoms with Gasteiger partial charge in [0, 0.05) is 12.1 Å². The van der Waals surface area contributed by atoms with Gasteiger partial charge in [0.25, 0.3) is 0 Å². The number of hydrogen-bond donors (Lipinski definition) is 0. The Bertz CT molecular complexity index is 300. The van der Waals surface area contributed by atoms with Gasteiger partial charge in [0.1, 0.15) is 0 Å². The monoisotopic (exact) mass is 192 g/mol. The summed E-state index contributed by atoms with van der Waals surface area (Å²) >= 11 is 0. The van der Waals surface area contributed by atoms with Crippen LogP contribution >= 0.6 is 0 Å². The molecule has 1 aliphatic rings. The molecule has 1 saturated carbocycles. The fourth-order valence-electron chi connectivity index (χ4n) is 2.15. The number of rotatable bonds is 1. The van der Waals surface area contributed by atoms with E-state index in [9.17, 15) is 0 Å². The van der Waals surface area contributed by atoms with Crippen LogP contribution in [0.2, 0.25) is 0 Å². The van der Waals surface area contributed by atoms with Crippen LogP contribution in [0.5, 0.6) is 0 Å². The van der Waals surface area contributed by atoms with Gasteiger partial charge in [0.15, 0.2) is 0 Å². The lowest BCUT2D eigenvalue weighted by molar-refractivity contribution is 0.351. The molecule has 14 heavy (non-hydrogen) atoms. The first kappa shape index (κ1) is 9.75. The molecule has 0 unspecified atom stereocenters. The topological polar surface area (TPSA) is 17.8 Å². The fourth-order valence-corrected chi connectivity index (χ4v) is 2.15. The van der Waals surface area contributed by atoms with Crippen LogP contribution in [0.15, 0.2) is 12.3 Å². The maximum atomic E-state index is 4.68. The maximum Gasteiger partial charge on any atom is 0.0655 e. The SMILES string of the molecule is CC(C)(C)n1ccc(C2CCCC2)n1. The zero-order chi connectivity index (χ0) is 10.2. The van der Waals surface area contributed by atoms with Crippen molar-refractivity contribution in [2.24, 2.45) is 0 Å². The van der Waals surface area contributed by atoms with Crippen molar-refractivity contribution in [1.82, 2.24) is 9.78 Å². The Kier molecular flexibility index (Phi) is 2.38. The summed E-state index contributed by atoms with van der Waals surface area (Å²) in [7, 11) is 0. The van der Waals surface area contributed by atoms with Gasteiger partial charge in [0.05, 0.1) is 11.2 Å². The van der Waals surface area contributed by atoms with E-state index in [4.69, 9.17) is 0 Å². The third-order valence-corrected chi connectivity index (χ3v) is 3.07. The minimum absolute atomic E-state index is 0.122.